The van der Waals surface area contributed by atoms with Crippen LogP contribution in [0.1, 0.15) is 24.8 Å². The second-order valence-electron chi connectivity index (χ2n) is 3.67. The van der Waals surface area contributed by atoms with Gasteiger partial charge >= 0.3 is 0 Å². The molecule has 1 N–H and O–H groups in total. The maximum atomic E-state index is 11.6. The Bertz CT molecular complexity index is 428. The molecule has 0 aliphatic carbocycles. The highest BCUT2D eigenvalue weighted by molar-refractivity contribution is 6.05. The van der Waals surface area contributed by atoms with Gasteiger partial charge in [0.25, 0.3) is 5.91 Å². The summed E-state index contributed by atoms with van der Waals surface area (Å²) in [5.41, 5.74) is 1.20. The number of hydroxylamine groups is 1. The molecule has 0 aromatic heterocycles. The Kier molecular flexibility index (Phi) is 2.28. The molecule has 15 heavy (non-hydrogen) atoms. The molecule has 4 heteroatoms. The summed E-state index contributed by atoms with van der Waals surface area (Å²) in [4.78, 5) is 22.6. The van der Waals surface area contributed by atoms with Crippen LogP contribution >= 0.6 is 0 Å². The van der Waals surface area contributed by atoms with E-state index >= 15 is 0 Å². The van der Waals surface area contributed by atoms with Gasteiger partial charge in [-0.3, -0.25) is 14.8 Å². The summed E-state index contributed by atoms with van der Waals surface area (Å²) in [6.07, 6.45) is 0.146. The fourth-order valence-corrected chi connectivity index (χ4v) is 1.86. The zero-order valence-corrected chi connectivity index (χ0v) is 8.30. The van der Waals surface area contributed by atoms with Crippen LogP contribution < -0.4 is 5.06 Å². The molecule has 1 aliphatic rings. The molecule has 0 saturated carbocycles. The fourth-order valence-electron chi connectivity index (χ4n) is 1.86. The van der Waals surface area contributed by atoms with Crippen LogP contribution in [0, 0.1) is 0 Å². The van der Waals surface area contributed by atoms with Crippen molar-refractivity contribution >= 4 is 17.4 Å². The third-order valence-corrected chi connectivity index (χ3v) is 2.54. The zero-order chi connectivity index (χ0) is 11.0. The van der Waals surface area contributed by atoms with Crippen LogP contribution in [0.4, 0.5) is 5.69 Å². The average molecular weight is 205 g/mol. The van der Waals surface area contributed by atoms with Crippen LogP contribution in [0.25, 0.3) is 0 Å². The van der Waals surface area contributed by atoms with Gasteiger partial charge in [0.15, 0.2) is 0 Å². The summed E-state index contributed by atoms with van der Waals surface area (Å²) in [5, 5.41) is 10.1. The second-order valence-corrected chi connectivity index (χ2v) is 3.67. The predicted molar refractivity (Wildman–Crippen MR) is 53.8 cm³/mol. The summed E-state index contributed by atoms with van der Waals surface area (Å²) in [5.74, 6) is -1.01. The molecule has 0 fully saturated rings. The Morgan fingerprint density at radius 3 is 2.80 bits per heavy atom. The smallest absolute Gasteiger partial charge is 0.258 e. The number of carbonyl (C=O) groups excluding carboxylic acids is 2. The quantitative estimate of drug-likeness (QED) is 0.744. The number of hydrogen-bond donors (Lipinski definition) is 1. The number of Topliss-reactive ketones (excluding diaryl/α,β-unsaturated/α-hetero) is 1. The van der Waals surface area contributed by atoms with Gasteiger partial charge < -0.3 is 0 Å². The van der Waals surface area contributed by atoms with Gasteiger partial charge in [0.1, 0.15) is 5.78 Å². The third-order valence-electron chi connectivity index (χ3n) is 2.54. The van der Waals surface area contributed by atoms with Crippen molar-refractivity contribution in [2.75, 3.05) is 5.06 Å². The number of nitrogens with zero attached hydrogens (tertiary/aromatic N) is 1. The molecule has 0 radical (unpaired) electrons. The number of carbonyl (C=O) groups is 2. The summed E-state index contributed by atoms with van der Waals surface area (Å²) in [7, 11) is 0. The summed E-state index contributed by atoms with van der Waals surface area (Å²) in [6, 6.07) is 6.95. The Morgan fingerprint density at radius 2 is 2.13 bits per heavy atom. The highest BCUT2D eigenvalue weighted by Crippen LogP contribution is 2.37. The van der Waals surface area contributed by atoms with E-state index in [-0.39, 0.29) is 12.2 Å². The first-order valence-corrected chi connectivity index (χ1v) is 4.72. The molecular formula is C11H11NO3. The van der Waals surface area contributed by atoms with Crippen molar-refractivity contribution in [2.45, 2.75) is 19.3 Å². The average Bonchev–Trinajstić information content (AvgIpc) is 2.44. The van der Waals surface area contributed by atoms with Crippen molar-refractivity contribution in [1.29, 1.82) is 0 Å². The number of fused-ring (bicyclic) bond motifs is 1. The van der Waals surface area contributed by atoms with E-state index in [1.807, 2.05) is 0 Å². The molecule has 78 valence electrons. The molecule has 1 atom stereocenters. The molecule has 4 nitrogen and oxygen atoms in total. The minimum Gasteiger partial charge on any atom is -0.300 e. The number of ketones is 1. The lowest BCUT2D eigenvalue weighted by molar-refractivity contribution is -0.127. The van der Waals surface area contributed by atoms with Crippen LogP contribution in [0.15, 0.2) is 24.3 Å². The van der Waals surface area contributed by atoms with Crippen molar-refractivity contribution in [2.24, 2.45) is 0 Å². The van der Waals surface area contributed by atoms with Gasteiger partial charge in [0.05, 0.1) is 11.6 Å². The lowest BCUT2D eigenvalue weighted by Crippen LogP contribution is -2.25. The SMILES string of the molecule is CC(=O)CC1C(=O)N(O)c2ccccc21. The van der Waals surface area contributed by atoms with E-state index in [9.17, 15) is 14.8 Å². The van der Waals surface area contributed by atoms with E-state index in [2.05, 4.69) is 0 Å². The molecule has 0 spiro atoms. The minimum atomic E-state index is -0.524. The Hall–Kier alpha value is -1.68. The van der Waals surface area contributed by atoms with Gasteiger partial charge in [-0.2, -0.15) is 5.06 Å². The van der Waals surface area contributed by atoms with Crippen molar-refractivity contribution in [3.63, 3.8) is 0 Å². The Labute approximate surface area is 87.1 Å². The van der Waals surface area contributed by atoms with E-state index in [4.69, 9.17) is 0 Å². The molecule has 1 aliphatic heterocycles. The lowest BCUT2D eigenvalue weighted by atomic mass is 9.96. The summed E-state index contributed by atoms with van der Waals surface area (Å²) < 4.78 is 0. The monoisotopic (exact) mass is 205 g/mol. The summed E-state index contributed by atoms with van der Waals surface area (Å²) in [6.45, 7) is 1.44. The Morgan fingerprint density at radius 1 is 1.47 bits per heavy atom. The van der Waals surface area contributed by atoms with Crippen molar-refractivity contribution in [1.82, 2.24) is 0 Å². The van der Waals surface area contributed by atoms with Crippen LogP contribution in [-0.2, 0) is 9.59 Å². The first-order chi connectivity index (χ1) is 7.11. The standard InChI is InChI=1S/C11H11NO3/c1-7(13)6-9-8-4-2-3-5-10(8)12(15)11(9)14/h2-5,9,15H,6H2,1H3. The number of benzene rings is 1. The first-order valence-electron chi connectivity index (χ1n) is 4.72. The van der Waals surface area contributed by atoms with Crippen molar-refractivity contribution in [3.8, 4) is 0 Å². The zero-order valence-electron chi connectivity index (χ0n) is 8.30. The molecule has 0 bridgehead atoms. The molecule has 1 aromatic rings. The Balaban J connectivity index is 2.42. The molecule has 2 rings (SSSR count). The largest absolute Gasteiger partial charge is 0.300 e. The van der Waals surface area contributed by atoms with Crippen molar-refractivity contribution < 1.29 is 14.8 Å². The van der Waals surface area contributed by atoms with Gasteiger partial charge in [-0.25, -0.2) is 0 Å². The van der Waals surface area contributed by atoms with E-state index in [0.717, 1.165) is 5.56 Å². The maximum absolute atomic E-state index is 11.6. The van der Waals surface area contributed by atoms with E-state index < -0.39 is 11.8 Å². The van der Waals surface area contributed by atoms with E-state index in [1.54, 1.807) is 24.3 Å². The number of anilines is 1. The van der Waals surface area contributed by atoms with Crippen LogP contribution in [-0.4, -0.2) is 16.9 Å². The van der Waals surface area contributed by atoms with E-state index in [1.165, 1.54) is 6.92 Å². The number of rotatable bonds is 2. The minimum absolute atomic E-state index is 0.0570. The first kappa shape index (κ1) is 9.86. The highest BCUT2D eigenvalue weighted by Gasteiger charge is 2.36. The van der Waals surface area contributed by atoms with Gasteiger partial charge in [0, 0.05) is 6.42 Å². The van der Waals surface area contributed by atoms with Gasteiger partial charge in [-0.15, -0.1) is 0 Å². The van der Waals surface area contributed by atoms with Gasteiger partial charge in [-0.1, -0.05) is 18.2 Å². The molecule has 1 heterocycles. The maximum Gasteiger partial charge on any atom is 0.258 e. The molecule has 0 saturated heterocycles. The number of para-hydroxylation sites is 1. The van der Waals surface area contributed by atoms with Crippen LogP contribution in [0.5, 0.6) is 0 Å². The lowest BCUT2D eigenvalue weighted by Gasteiger charge is -2.07. The van der Waals surface area contributed by atoms with Crippen LogP contribution in [0.3, 0.4) is 0 Å². The topological polar surface area (TPSA) is 57.6 Å². The summed E-state index contributed by atoms with van der Waals surface area (Å²) >= 11 is 0. The third kappa shape index (κ3) is 1.53. The van der Waals surface area contributed by atoms with Gasteiger partial charge in [-0.05, 0) is 18.6 Å². The van der Waals surface area contributed by atoms with E-state index in [0.29, 0.717) is 10.8 Å². The van der Waals surface area contributed by atoms with Gasteiger partial charge in [0.2, 0.25) is 0 Å². The fraction of sp³-hybridized carbons (Fsp3) is 0.273. The number of hydrogen-bond acceptors (Lipinski definition) is 3. The van der Waals surface area contributed by atoms with Crippen LogP contribution in [0.2, 0.25) is 0 Å². The molecule has 1 amide bonds. The molecule has 1 unspecified atom stereocenters. The van der Waals surface area contributed by atoms with Crippen molar-refractivity contribution in [3.05, 3.63) is 29.8 Å². The number of amides is 1. The highest BCUT2D eigenvalue weighted by atomic mass is 16.5. The molecular weight excluding hydrogens is 194 g/mol. The second kappa shape index (κ2) is 3.47. The predicted octanol–water partition coefficient (Wildman–Crippen LogP) is 1.49. The normalized spacial score (nSPS) is 19.2. The molecule has 1 aromatic carbocycles.